The molecule has 0 saturated heterocycles. The summed E-state index contributed by atoms with van der Waals surface area (Å²) in [7, 11) is 0. The van der Waals surface area contributed by atoms with Crippen molar-refractivity contribution >= 4 is 17.1 Å². The molecule has 1 aromatic carbocycles. The molecule has 0 saturated carbocycles. The highest BCUT2D eigenvalue weighted by atomic mass is 16.1. The van der Waals surface area contributed by atoms with Crippen molar-refractivity contribution in [2.45, 2.75) is 0 Å². The summed E-state index contributed by atoms with van der Waals surface area (Å²) in [5, 5.41) is 0. The molecule has 2 nitrogen and oxygen atoms in total. The SMILES string of the molecule is O=C1[C]=C(c2ccccc2)C(=O)C=C1. The fourth-order valence-corrected chi connectivity index (χ4v) is 1.28. The van der Waals surface area contributed by atoms with E-state index in [-0.39, 0.29) is 11.6 Å². The van der Waals surface area contributed by atoms with Crippen LogP contribution in [0, 0.1) is 6.08 Å². The third-order valence-electron chi connectivity index (χ3n) is 1.94. The van der Waals surface area contributed by atoms with Crippen molar-refractivity contribution in [1.82, 2.24) is 0 Å². The van der Waals surface area contributed by atoms with Crippen LogP contribution in [-0.2, 0) is 9.59 Å². The van der Waals surface area contributed by atoms with Gasteiger partial charge in [0, 0.05) is 11.6 Å². The van der Waals surface area contributed by atoms with E-state index in [0.29, 0.717) is 5.57 Å². The van der Waals surface area contributed by atoms with Crippen molar-refractivity contribution in [3.8, 4) is 0 Å². The molecular weight excluding hydrogens is 176 g/mol. The van der Waals surface area contributed by atoms with Crippen LogP contribution < -0.4 is 0 Å². The first-order chi connectivity index (χ1) is 6.77. The Morgan fingerprint density at radius 2 is 1.64 bits per heavy atom. The fourth-order valence-electron chi connectivity index (χ4n) is 1.28. The molecule has 0 aliphatic heterocycles. The van der Waals surface area contributed by atoms with Crippen molar-refractivity contribution in [2.75, 3.05) is 0 Å². The summed E-state index contributed by atoms with van der Waals surface area (Å²) in [5.41, 5.74) is 1.08. The first-order valence-corrected chi connectivity index (χ1v) is 4.23. The lowest BCUT2D eigenvalue weighted by atomic mass is 9.97. The number of hydrogen-bond acceptors (Lipinski definition) is 2. The number of benzene rings is 1. The molecule has 0 heterocycles. The van der Waals surface area contributed by atoms with Crippen molar-refractivity contribution in [3.63, 3.8) is 0 Å². The Morgan fingerprint density at radius 1 is 0.929 bits per heavy atom. The summed E-state index contributed by atoms with van der Waals surface area (Å²) >= 11 is 0. The summed E-state index contributed by atoms with van der Waals surface area (Å²) in [5.74, 6) is -0.431. The van der Waals surface area contributed by atoms with Gasteiger partial charge in [0.15, 0.2) is 11.6 Å². The largest absolute Gasteiger partial charge is 0.289 e. The van der Waals surface area contributed by atoms with Gasteiger partial charge < -0.3 is 0 Å². The van der Waals surface area contributed by atoms with E-state index in [0.717, 1.165) is 5.56 Å². The average molecular weight is 183 g/mol. The van der Waals surface area contributed by atoms with E-state index in [4.69, 9.17) is 0 Å². The highest BCUT2D eigenvalue weighted by Gasteiger charge is 2.14. The van der Waals surface area contributed by atoms with Crippen LogP contribution in [0.1, 0.15) is 5.56 Å². The number of hydrogen-bond donors (Lipinski definition) is 0. The van der Waals surface area contributed by atoms with E-state index in [1.165, 1.54) is 12.2 Å². The maximum atomic E-state index is 11.4. The molecule has 0 atom stereocenters. The van der Waals surface area contributed by atoms with E-state index in [2.05, 4.69) is 6.08 Å². The zero-order valence-electron chi connectivity index (χ0n) is 7.36. The Bertz CT molecular complexity index is 439. The second-order valence-corrected chi connectivity index (χ2v) is 2.93. The summed E-state index contributed by atoms with van der Waals surface area (Å²) < 4.78 is 0. The molecule has 1 aromatic rings. The molecule has 0 spiro atoms. The van der Waals surface area contributed by atoms with Crippen molar-refractivity contribution < 1.29 is 9.59 Å². The zero-order valence-corrected chi connectivity index (χ0v) is 7.36. The number of carbonyl (C=O) groups is 2. The first kappa shape index (κ1) is 8.63. The van der Waals surface area contributed by atoms with Gasteiger partial charge in [-0.15, -0.1) is 0 Å². The molecule has 0 bridgehead atoms. The highest BCUT2D eigenvalue weighted by molar-refractivity contribution is 6.32. The lowest BCUT2D eigenvalue weighted by molar-refractivity contribution is -0.113. The van der Waals surface area contributed by atoms with E-state index in [9.17, 15) is 9.59 Å². The normalized spacial score (nSPS) is 15.6. The Labute approximate surface area is 81.6 Å². The minimum Gasteiger partial charge on any atom is -0.289 e. The van der Waals surface area contributed by atoms with E-state index >= 15 is 0 Å². The third kappa shape index (κ3) is 1.55. The van der Waals surface area contributed by atoms with Gasteiger partial charge in [-0.3, -0.25) is 9.59 Å². The van der Waals surface area contributed by atoms with E-state index in [1.54, 1.807) is 12.1 Å². The van der Waals surface area contributed by atoms with Crippen LogP contribution in [0.15, 0.2) is 42.5 Å². The molecule has 0 aromatic heterocycles. The number of carbonyl (C=O) groups excluding carboxylic acids is 2. The Balaban J connectivity index is 2.45. The van der Waals surface area contributed by atoms with Crippen LogP contribution in [0.2, 0.25) is 0 Å². The van der Waals surface area contributed by atoms with Gasteiger partial charge in [0.05, 0.1) is 0 Å². The minimum absolute atomic E-state index is 0.171. The number of ketones is 2. The summed E-state index contributed by atoms with van der Waals surface area (Å²) in [4.78, 5) is 22.4. The Morgan fingerprint density at radius 3 is 2.36 bits per heavy atom. The topological polar surface area (TPSA) is 34.1 Å². The monoisotopic (exact) mass is 183 g/mol. The summed E-state index contributed by atoms with van der Waals surface area (Å²) in [6.45, 7) is 0. The predicted octanol–water partition coefficient (Wildman–Crippen LogP) is 1.58. The molecule has 67 valence electrons. The van der Waals surface area contributed by atoms with Crippen molar-refractivity contribution in [2.24, 2.45) is 0 Å². The van der Waals surface area contributed by atoms with Gasteiger partial charge in [0.25, 0.3) is 0 Å². The molecule has 0 amide bonds. The number of rotatable bonds is 1. The van der Waals surface area contributed by atoms with Crippen LogP contribution in [-0.4, -0.2) is 11.6 Å². The van der Waals surface area contributed by atoms with Crippen LogP contribution in [0.3, 0.4) is 0 Å². The van der Waals surface area contributed by atoms with E-state index in [1.807, 2.05) is 18.2 Å². The molecule has 1 aliphatic rings. The van der Waals surface area contributed by atoms with Gasteiger partial charge >= 0.3 is 0 Å². The fraction of sp³-hybridized carbons (Fsp3) is 0. The molecule has 2 heteroatoms. The smallest absolute Gasteiger partial charge is 0.187 e. The average Bonchev–Trinajstić information content (AvgIpc) is 2.23. The molecular formula is C12H7O2. The maximum Gasteiger partial charge on any atom is 0.187 e. The maximum absolute atomic E-state index is 11.4. The molecule has 1 radical (unpaired) electrons. The van der Waals surface area contributed by atoms with Gasteiger partial charge in [-0.2, -0.15) is 0 Å². The van der Waals surface area contributed by atoms with Crippen molar-refractivity contribution in [1.29, 1.82) is 0 Å². The quantitative estimate of drug-likeness (QED) is 0.619. The van der Waals surface area contributed by atoms with Crippen molar-refractivity contribution in [3.05, 3.63) is 54.1 Å². The first-order valence-electron chi connectivity index (χ1n) is 4.23. The van der Waals surface area contributed by atoms with Crippen LogP contribution in [0.4, 0.5) is 0 Å². The molecule has 1 aliphatic carbocycles. The van der Waals surface area contributed by atoms with Gasteiger partial charge in [-0.25, -0.2) is 0 Å². The minimum atomic E-state index is -0.261. The molecule has 2 rings (SSSR count). The number of allylic oxidation sites excluding steroid dienone is 4. The van der Waals surface area contributed by atoms with Crippen LogP contribution in [0.5, 0.6) is 0 Å². The molecule has 0 N–H and O–H groups in total. The lowest BCUT2D eigenvalue weighted by Gasteiger charge is -2.05. The summed E-state index contributed by atoms with van der Waals surface area (Å²) in [6.07, 6.45) is 5.03. The Kier molecular flexibility index (Phi) is 2.11. The molecule has 0 unspecified atom stereocenters. The van der Waals surface area contributed by atoms with E-state index < -0.39 is 0 Å². The zero-order chi connectivity index (χ0) is 9.97. The molecule has 0 fully saturated rings. The van der Waals surface area contributed by atoms with Crippen LogP contribution in [0.25, 0.3) is 5.57 Å². The van der Waals surface area contributed by atoms with Gasteiger partial charge in [0.1, 0.15) is 0 Å². The highest BCUT2D eigenvalue weighted by Crippen LogP contribution is 2.17. The lowest BCUT2D eigenvalue weighted by Crippen LogP contribution is -2.06. The van der Waals surface area contributed by atoms with Gasteiger partial charge in [-0.1, -0.05) is 30.3 Å². The third-order valence-corrected chi connectivity index (χ3v) is 1.94. The second kappa shape index (κ2) is 3.42. The second-order valence-electron chi connectivity index (χ2n) is 2.93. The molecule has 14 heavy (non-hydrogen) atoms. The van der Waals surface area contributed by atoms with Gasteiger partial charge in [0.2, 0.25) is 0 Å². The standard InChI is InChI=1S/C12H7O2/c13-10-6-7-12(14)11(8-10)9-4-2-1-3-5-9/h1-7H. The summed E-state index contributed by atoms with van der Waals surface area (Å²) in [6, 6.07) is 9.06. The van der Waals surface area contributed by atoms with Crippen LogP contribution >= 0.6 is 0 Å². The van der Waals surface area contributed by atoms with Gasteiger partial charge in [-0.05, 0) is 17.7 Å². The predicted molar refractivity (Wildman–Crippen MR) is 52.2 cm³/mol. The Hall–Kier alpha value is -1.96.